The number of rotatable bonds is 6. The van der Waals surface area contributed by atoms with Gasteiger partial charge in [-0.1, -0.05) is 60.2 Å². The Morgan fingerprint density at radius 3 is 2.47 bits per heavy atom. The van der Waals surface area contributed by atoms with Crippen molar-refractivity contribution in [1.82, 2.24) is 15.3 Å². The zero-order valence-corrected chi connectivity index (χ0v) is 20.9. The molecule has 3 aromatic carbocycles. The molecule has 1 aromatic heterocycles. The molecule has 5 rings (SSSR count). The number of benzene rings is 3. The Balaban J connectivity index is 1.56. The Kier molecular flexibility index (Phi) is 6.82. The maximum atomic E-state index is 13.9. The van der Waals surface area contributed by atoms with E-state index in [0.717, 1.165) is 11.1 Å². The number of nitrogens with zero attached hydrogens (tertiary/aromatic N) is 2. The molecule has 38 heavy (non-hydrogen) atoms. The van der Waals surface area contributed by atoms with Crippen molar-refractivity contribution in [3.8, 4) is 0 Å². The summed E-state index contributed by atoms with van der Waals surface area (Å²) < 4.78 is 0. The van der Waals surface area contributed by atoms with Gasteiger partial charge in [-0.3, -0.25) is 14.6 Å². The monoisotopic (exact) mass is 506 g/mol. The summed E-state index contributed by atoms with van der Waals surface area (Å²) in [5.41, 5.74) is 4.87. The number of benzodiazepines with no additional fused rings is 1. The fraction of sp³-hybridized carbons (Fsp3) is 0.138. The molecule has 0 aliphatic carbocycles. The average molecular weight is 507 g/mol. The van der Waals surface area contributed by atoms with Crippen molar-refractivity contribution in [2.75, 3.05) is 10.6 Å². The average Bonchev–Trinajstić information content (AvgIpc) is 3.38. The number of aromatic amines is 1. The third-order valence-electron chi connectivity index (χ3n) is 6.21. The SMILES string of the molecule is Cc1ccc(C(=O)C(C2=N[C@@H](NC(=O)Nc3cccc(C)c3)C(=O)Nc3ccccc32)c2c[nH]cn2)cc1. The number of ketones is 1. The molecule has 9 heteroatoms. The highest BCUT2D eigenvalue weighted by Gasteiger charge is 2.35. The second-order valence-corrected chi connectivity index (χ2v) is 9.08. The van der Waals surface area contributed by atoms with Crippen molar-refractivity contribution in [3.63, 3.8) is 0 Å². The van der Waals surface area contributed by atoms with Crippen molar-refractivity contribution in [1.29, 1.82) is 0 Å². The predicted octanol–water partition coefficient (Wildman–Crippen LogP) is 4.58. The highest BCUT2D eigenvalue weighted by molar-refractivity contribution is 6.25. The van der Waals surface area contributed by atoms with E-state index in [0.29, 0.717) is 33.9 Å². The van der Waals surface area contributed by atoms with Crippen LogP contribution in [-0.2, 0) is 4.79 Å². The fourth-order valence-electron chi connectivity index (χ4n) is 4.34. The highest BCUT2D eigenvalue weighted by Crippen LogP contribution is 2.30. The van der Waals surface area contributed by atoms with Gasteiger partial charge < -0.3 is 20.9 Å². The number of hydrogen-bond donors (Lipinski definition) is 4. The molecule has 0 spiro atoms. The van der Waals surface area contributed by atoms with E-state index in [1.807, 2.05) is 44.2 Å². The van der Waals surface area contributed by atoms with E-state index in [1.165, 1.54) is 6.33 Å². The van der Waals surface area contributed by atoms with Crippen LogP contribution in [0, 0.1) is 13.8 Å². The minimum atomic E-state index is -1.30. The molecule has 1 aliphatic rings. The lowest BCUT2D eigenvalue weighted by Gasteiger charge is -2.19. The van der Waals surface area contributed by atoms with Crippen molar-refractivity contribution >= 4 is 34.8 Å². The number of aryl methyl sites for hydroxylation is 2. The first-order valence-corrected chi connectivity index (χ1v) is 12.1. The Bertz CT molecular complexity index is 1530. The number of aromatic nitrogens is 2. The molecule has 1 aliphatic heterocycles. The van der Waals surface area contributed by atoms with Gasteiger partial charge in [0.15, 0.2) is 5.78 Å². The number of carbonyl (C=O) groups is 3. The zero-order valence-electron chi connectivity index (χ0n) is 20.9. The Morgan fingerprint density at radius 2 is 1.74 bits per heavy atom. The Morgan fingerprint density at radius 1 is 0.947 bits per heavy atom. The molecule has 0 saturated carbocycles. The van der Waals surface area contributed by atoms with Gasteiger partial charge in [0, 0.05) is 28.7 Å². The van der Waals surface area contributed by atoms with Crippen molar-refractivity contribution < 1.29 is 14.4 Å². The lowest BCUT2D eigenvalue weighted by Crippen LogP contribution is -2.44. The first-order chi connectivity index (χ1) is 18.4. The van der Waals surface area contributed by atoms with Crippen molar-refractivity contribution in [3.05, 3.63) is 113 Å². The molecule has 4 N–H and O–H groups in total. The molecular formula is C29H26N6O3. The smallest absolute Gasteiger partial charge is 0.321 e. The van der Waals surface area contributed by atoms with E-state index in [1.54, 1.807) is 48.7 Å². The van der Waals surface area contributed by atoms with E-state index in [-0.39, 0.29) is 5.78 Å². The van der Waals surface area contributed by atoms with Gasteiger partial charge in [0.25, 0.3) is 5.91 Å². The second-order valence-electron chi connectivity index (χ2n) is 9.08. The van der Waals surface area contributed by atoms with Gasteiger partial charge in [-0.2, -0.15) is 0 Å². The lowest BCUT2D eigenvalue weighted by atomic mass is 9.86. The quantitative estimate of drug-likeness (QED) is 0.285. The summed E-state index contributed by atoms with van der Waals surface area (Å²) in [4.78, 5) is 51.9. The molecule has 0 fully saturated rings. The summed E-state index contributed by atoms with van der Waals surface area (Å²) in [6, 6.07) is 21.0. The number of hydrogen-bond acceptors (Lipinski definition) is 5. The number of nitrogens with one attached hydrogen (secondary N) is 4. The molecule has 0 radical (unpaired) electrons. The molecule has 2 atom stereocenters. The molecule has 0 bridgehead atoms. The normalized spacial score (nSPS) is 15.4. The van der Waals surface area contributed by atoms with Gasteiger partial charge in [0.1, 0.15) is 5.92 Å². The minimum Gasteiger partial charge on any atom is -0.351 e. The maximum absolute atomic E-state index is 13.9. The molecule has 1 unspecified atom stereocenters. The number of imidazole rings is 1. The summed E-state index contributed by atoms with van der Waals surface area (Å²) in [6.45, 7) is 3.86. The number of anilines is 2. The van der Waals surface area contributed by atoms with E-state index in [2.05, 4.69) is 30.9 Å². The van der Waals surface area contributed by atoms with Crippen LogP contribution in [0.3, 0.4) is 0 Å². The number of fused-ring (bicyclic) bond motifs is 1. The molecule has 2 heterocycles. The number of urea groups is 1. The van der Waals surface area contributed by atoms with Crippen LogP contribution in [0.4, 0.5) is 16.2 Å². The van der Waals surface area contributed by atoms with Crippen LogP contribution in [0.1, 0.15) is 38.7 Å². The lowest BCUT2D eigenvalue weighted by molar-refractivity contribution is -0.117. The molecular weight excluding hydrogens is 480 g/mol. The number of carbonyl (C=O) groups excluding carboxylic acids is 3. The summed E-state index contributed by atoms with van der Waals surface area (Å²) in [5.74, 6) is -1.69. The highest BCUT2D eigenvalue weighted by atomic mass is 16.2. The first-order valence-electron chi connectivity index (χ1n) is 12.1. The van der Waals surface area contributed by atoms with Crippen LogP contribution in [-0.4, -0.2) is 39.6 Å². The number of aliphatic imine (C=N–C) groups is 1. The largest absolute Gasteiger partial charge is 0.351 e. The van der Waals surface area contributed by atoms with Gasteiger partial charge in [-0.15, -0.1) is 0 Å². The third kappa shape index (κ3) is 5.22. The number of H-pyrrole nitrogens is 1. The molecule has 0 saturated heterocycles. The van der Waals surface area contributed by atoms with Gasteiger partial charge in [0.05, 0.1) is 17.7 Å². The summed E-state index contributed by atoms with van der Waals surface area (Å²) in [6.07, 6.45) is 1.83. The van der Waals surface area contributed by atoms with Gasteiger partial charge in [0.2, 0.25) is 6.17 Å². The van der Waals surface area contributed by atoms with Crippen LogP contribution in [0.25, 0.3) is 0 Å². The first kappa shape index (κ1) is 24.6. The third-order valence-corrected chi connectivity index (χ3v) is 6.21. The van der Waals surface area contributed by atoms with E-state index in [9.17, 15) is 14.4 Å². The predicted molar refractivity (Wildman–Crippen MR) is 146 cm³/mol. The van der Waals surface area contributed by atoms with Crippen molar-refractivity contribution in [2.24, 2.45) is 4.99 Å². The molecule has 9 nitrogen and oxygen atoms in total. The maximum Gasteiger partial charge on any atom is 0.321 e. The number of para-hydroxylation sites is 1. The second kappa shape index (κ2) is 10.5. The van der Waals surface area contributed by atoms with E-state index >= 15 is 0 Å². The molecule has 3 amide bonds. The van der Waals surface area contributed by atoms with Crippen LogP contribution < -0.4 is 16.0 Å². The summed E-state index contributed by atoms with van der Waals surface area (Å²) >= 11 is 0. The molecule has 190 valence electrons. The fourth-order valence-corrected chi connectivity index (χ4v) is 4.34. The standard InChI is InChI=1S/C29H26N6O3/c1-17-10-12-19(13-11-17)26(36)24(23-15-30-16-31-23)25-21-8-3-4-9-22(21)33-28(37)27(34-25)35-29(38)32-20-7-5-6-18(2)14-20/h3-16,24,27H,1-2H3,(H,30,31)(H,33,37)(H2,32,35,38)/t24?,27-/m0/s1. The summed E-state index contributed by atoms with van der Waals surface area (Å²) in [5, 5.41) is 8.20. The van der Waals surface area contributed by atoms with Gasteiger partial charge >= 0.3 is 6.03 Å². The van der Waals surface area contributed by atoms with Gasteiger partial charge in [-0.05, 0) is 37.6 Å². The van der Waals surface area contributed by atoms with Crippen LogP contribution in [0.2, 0.25) is 0 Å². The van der Waals surface area contributed by atoms with Crippen LogP contribution in [0.15, 0.2) is 90.3 Å². The topological polar surface area (TPSA) is 128 Å². The Labute approximate surface area is 219 Å². The zero-order chi connectivity index (χ0) is 26.6. The van der Waals surface area contributed by atoms with Gasteiger partial charge in [-0.25, -0.2) is 9.78 Å². The number of amides is 3. The summed E-state index contributed by atoms with van der Waals surface area (Å²) in [7, 11) is 0. The van der Waals surface area contributed by atoms with E-state index in [4.69, 9.17) is 0 Å². The Hall–Kier alpha value is -5.05. The van der Waals surface area contributed by atoms with Crippen LogP contribution >= 0.6 is 0 Å². The van der Waals surface area contributed by atoms with Crippen molar-refractivity contribution in [2.45, 2.75) is 25.9 Å². The van der Waals surface area contributed by atoms with E-state index < -0.39 is 24.0 Å². The minimum absolute atomic E-state index is 0.233. The number of Topliss-reactive ketones (excluding diaryl/α,β-unsaturated/α-hetero) is 1. The van der Waals surface area contributed by atoms with Crippen LogP contribution in [0.5, 0.6) is 0 Å². The molecule has 4 aromatic rings.